The van der Waals surface area contributed by atoms with Gasteiger partial charge in [0.15, 0.2) is 5.65 Å². The van der Waals surface area contributed by atoms with Crippen LogP contribution in [-0.2, 0) is 4.79 Å². The summed E-state index contributed by atoms with van der Waals surface area (Å²) >= 11 is 0. The van der Waals surface area contributed by atoms with E-state index in [0.717, 1.165) is 30.3 Å². The Balaban J connectivity index is 1.74. The first-order chi connectivity index (χ1) is 11.9. The predicted molar refractivity (Wildman–Crippen MR) is 93.4 cm³/mol. The van der Waals surface area contributed by atoms with Crippen LogP contribution >= 0.6 is 0 Å². The monoisotopic (exact) mass is 344 g/mol. The van der Waals surface area contributed by atoms with Crippen molar-refractivity contribution in [3.8, 4) is 0 Å². The van der Waals surface area contributed by atoms with Gasteiger partial charge in [0, 0.05) is 24.2 Å². The lowest BCUT2D eigenvalue weighted by molar-refractivity contribution is -0.150. The molecule has 1 saturated carbocycles. The number of rotatable bonds is 5. The Hall–Kier alpha value is -2.44. The molecule has 134 valence electrons. The number of nitrogens with zero attached hydrogens (tertiary/aromatic N) is 3. The molecule has 0 radical (unpaired) electrons. The van der Waals surface area contributed by atoms with Crippen molar-refractivity contribution >= 4 is 22.9 Å². The number of aliphatic carboxylic acids is 1. The largest absolute Gasteiger partial charge is 0.481 e. The topological polar surface area (TPSA) is 97.1 Å². The van der Waals surface area contributed by atoms with Crippen LogP contribution < -0.4 is 5.32 Å². The minimum Gasteiger partial charge on any atom is -0.481 e. The predicted octanol–water partition coefficient (Wildman–Crippen LogP) is 2.78. The first-order valence-corrected chi connectivity index (χ1v) is 8.78. The number of carboxylic acids is 1. The Labute approximate surface area is 146 Å². The first kappa shape index (κ1) is 17.4. The zero-order valence-corrected chi connectivity index (χ0v) is 14.7. The lowest BCUT2D eigenvalue weighted by Crippen LogP contribution is -2.44. The van der Waals surface area contributed by atoms with Gasteiger partial charge in [-0.25, -0.2) is 9.67 Å². The van der Waals surface area contributed by atoms with E-state index in [9.17, 15) is 14.7 Å². The highest BCUT2D eigenvalue weighted by molar-refractivity contribution is 5.97. The smallest absolute Gasteiger partial charge is 0.311 e. The number of hydrogen-bond donors (Lipinski definition) is 2. The average Bonchev–Trinajstić information content (AvgIpc) is 3.03. The molecule has 7 heteroatoms. The van der Waals surface area contributed by atoms with Crippen molar-refractivity contribution < 1.29 is 14.7 Å². The van der Waals surface area contributed by atoms with Gasteiger partial charge in [0.2, 0.25) is 0 Å². The van der Waals surface area contributed by atoms with Gasteiger partial charge in [-0.1, -0.05) is 19.3 Å². The Kier molecular flexibility index (Phi) is 4.74. The molecule has 1 fully saturated rings. The SMILES string of the molecule is CC(C)n1ncc2cc(C(=O)NCC3(C(=O)O)CCCCC3)cnc21. The summed E-state index contributed by atoms with van der Waals surface area (Å²) < 4.78 is 1.80. The molecule has 0 bridgehead atoms. The third-order valence-electron chi connectivity index (χ3n) is 5.04. The molecule has 2 aromatic heterocycles. The highest BCUT2D eigenvalue weighted by Gasteiger charge is 2.39. The summed E-state index contributed by atoms with van der Waals surface area (Å²) in [6.45, 7) is 4.19. The number of pyridine rings is 1. The Morgan fingerprint density at radius 1 is 1.28 bits per heavy atom. The normalized spacial score (nSPS) is 16.9. The van der Waals surface area contributed by atoms with E-state index < -0.39 is 11.4 Å². The van der Waals surface area contributed by atoms with Crippen molar-refractivity contribution in [2.45, 2.75) is 52.0 Å². The molecule has 0 spiro atoms. The van der Waals surface area contributed by atoms with Gasteiger partial charge < -0.3 is 10.4 Å². The summed E-state index contributed by atoms with van der Waals surface area (Å²) in [7, 11) is 0. The van der Waals surface area contributed by atoms with Crippen LogP contribution in [0, 0.1) is 5.41 Å². The molecule has 2 heterocycles. The molecule has 0 unspecified atom stereocenters. The van der Waals surface area contributed by atoms with Crippen molar-refractivity contribution in [3.63, 3.8) is 0 Å². The summed E-state index contributed by atoms with van der Waals surface area (Å²) in [5.41, 5.74) is 0.321. The van der Waals surface area contributed by atoms with Crippen molar-refractivity contribution in [1.29, 1.82) is 0 Å². The molecule has 0 aliphatic heterocycles. The lowest BCUT2D eigenvalue weighted by Gasteiger charge is -2.33. The van der Waals surface area contributed by atoms with E-state index in [-0.39, 0.29) is 18.5 Å². The van der Waals surface area contributed by atoms with E-state index in [2.05, 4.69) is 15.4 Å². The minimum absolute atomic E-state index is 0.157. The zero-order chi connectivity index (χ0) is 18.0. The van der Waals surface area contributed by atoms with Crippen molar-refractivity contribution in [2.75, 3.05) is 6.54 Å². The molecule has 0 atom stereocenters. The van der Waals surface area contributed by atoms with Crippen LogP contribution in [0.1, 0.15) is 62.4 Å². The number of carbonyl (C=O) groups excluding carboxylic acids is 1. The van der Waals surface area contributed by atoms with Crippen molar-refractivity contribution in [3.05, 3.63) is 24.0 Å². The van der Waals surface area contributed by atoms with E-state index in [1.54, 1.807) is 16.9 Å². The van der Waals surface area contributed by atoms with Gasteiger partial charge in [-0.2, -0.15) is 5.10 Å². The van der Waals surface area contributed by atoms with Crippen LogP contribution in [0.5, 0.6) is 0 Å². The van der Waals surface area contributed by atoms with Crippen LogP contribution in [0.25, 0.3) is 11.0 Å². The van der Waals surface area contributed by atoms with Crippen LogP contribution in [0.2, 0.25) is 0 Å². The third-order valence-corrected chi connectivity index (χ3v) is 5.04. The lowest BCUT2D eigenvalue weighted by atomic mass is 9.74. The molecule has 3 rings (SSSR count). The average molecular weight is 344 g/mol. The fraction of sp³-hybridized carbons (Fsp3) is 0.556. The van der Waals surface area contributed by atoms with Crippen molar-refractivity contribution in [1.82, 2.24) is 20.1 Å². The summed E-state index contributed by atoms with van der Waals surface area (Å²) in [6.07, 6.45) is 7.28. The van der Waals surface area contributed by atoms with Crippen molar-refractivity contribution in [2.24, 2.45) is 5.41 Å². The van der Waals surface area contributed by atoms with Gasteiger partial charge in [0.1, 0.15) is 0 Å². The molecule has 2 aromatic rings. The molecule has 0 aromatic carbocycles. The maximum absolute atomic E-state index is 12.5. The van der Waals surface area contributed by atoms with Gasteiger partial charge in [0.05, 0.1) is 17.2 Å². The Morgan fingerprint density at radius 2 is 2.00 bits per heavy atom. The zero-order valence-electron chi connectivity index (χ0n) is 14.7. The summed E-state index contributed by atoms with van der Waals surface area (Å²) in [6, 6.07) is 1.93. The highest BCUT2D eigenvalue weighted by atomic mass is 16.4. The molecule has 1 aliphatic carbocycles. The van der Waals surface area contributed by atoms with Gasteiger partial charge in [-0.05, 0) is 32.8 Å². The number of nitrogens with one attached hydrogen (secondary N) is 1. The number of carboxylic acid groups (broad SMARTS) is 1. The molecule has 2 N–H and O–H groups in total. The van der Waals surface area contributed by atoms with Gasteiger partial charge in [-0.3, -0.25) is 9.59 Å². The van der Waals surface area contributed by atoms with Crippen LogP contribution in [0.3, 0.4) is 0 Å². The van der Waals surface area contributed by atoms with Gasteiger partial charge >= 0.3 is 5.97 Å². The summed E-state index contributed by atoms with van der Waals surface area (Å²) in [5, 5.41) is 17.5. The molecule has 0 saturated heterocycles. The van der Waals surface area contributed by atoms with Gasteiger partial charge in [-0.15, -0.1) is 0 Å². The molecule has 1 aliphatic rings. The van der Waals surface area contributed by atoms with Crippen LogP contribution in [0.4, 0.5) is 0 Å². The second-order valence-electron chi connectivity index (χ2n) is 7.15. The Bertz CT molecular complexity index is 791. The first-order valence-electron chi connectivity index (χ1n) is 8.78. The second kappa shape index (κ2) is 6.82. The number of aromatic nitrogens is 3. The number of carbonyl (C=O) groups is 2. The molecule has 25 heavy (non-hydrogen) atoms. The fourth-order valence-corrected chi connectivity index (χ4v) is 3.49. The third kappa shape index (κ3) is 3.36. The fourth-order valence-electron chi connectivity index (χ4n) is 3.49. The molecule has 1 amide bonds. The van der Waals surface area contributed by atoms with Crippen LogP contribution in [0.15, 0.2) is 18.5 Å². The van der Waals surface area contributed by atoms with Gasteiger partial charge in [0.25, 0.3) is 5.91 Å². The highest BCUT2D eigenvalue weighted by Crippen LogP contribution is 2.36. The number of amides is 1. The number of hydrogen-bond acceptors (Lipinski definition) is 4. The van der Waals surface area contributed by atoms with E-state index >= 15 is 0 Å². The maximum Gasteiger partial charge on any atom is 0.311 e. The molecular weight excluding hydrogens is 320 g/mol. The van der Waals surface area contributed by atoms with E-state index in [1.165, 1.54) is 6.20 Å². The summed E-state index contributed by atoms with van der Waals surface area (Å²) in [5.74, 6) is -1.11. The Morgan fingerprint density at radius 3 is 2.64 bits per heavy atom. The standard InChI is InChI=1S/C18H24N4O3/c1-12(2)22-15-13(10-21-22)8-14(9-19-15)16(23)20-11-18(17(24)25)6-4-3-5-7-18/h8-10,12H,3-7,11H2,1-2H3,(H,20,23)(H,24,25). The van der Waals surface area contributed by atoms with E-state index in [4.69, 9.17) is 0 Å². The minimum atomic E-state index is -0.839. The maximum atomic E-state index is 12.5. The second-order valence-corrected chi connectivity index (χ2v) is 7.15. The number of fused-ring (bicyclic) bond motifs is 1. The van der Waals surface area contributed by atoms with E-state index in [0.29, 0.717) is 18.4 Å². The molecule has 7 nitrogen and oxygen atoms in total. The van der Waals surface area contributed by atoms with Crippen LogP contribution in [-0.4, -0.2) is 38.3 Å². The molecular formula is C18H24N4O3. The summed E-state index contributed by atoms with van der Waals surface area (Å²) in [4.78, 5) is 28.5. The quantitative estimate of drug-likeness (QED) is 0.869. The van der Waals surface area contributed by atoms with E-state index in [1.807, 2.05) is 13.8 Å².